The minimum absolute atomic E-state index is 0.0582. The molecule has 0 aliphatic carbocycles. The first-order valence-electron chi connectivity index (χ1n) is 7.09. The third-order valence-electron chi connectivity index (χ3n) is 3.36. The molecule has 0 amide bonds. The molecule has 1 aromatic carbocycles. The number of alkyl halides is 3. The maximum absolute atomic E-state index is 12.2. The molecule has 0 radical (unpaired) electrons. The summed E-state index contributed by atoms with van der Waals surface area (Å²) in [7, 11) is 0. The van der Waals surface area contributed by atoms with Gasteiger partial charge in [0, 0.05) is 21.6 Å². The van der Waals surface area contributed by atoms with Gasteiger partial charge in [-0.1, -0.05) is 69.4 Å². The average Bonchev–Trinajstić information content (AvgIpc) is 2.48. The van der Waals surface area contributed by atoms with Crippen LogP contribution in [0.4, 0.5) is 0 Å². The molecule has 0 atom stereocenters. The fourth-order valence-corrected chi connectivity index (χ4v) is 3.53. The number of hydrogen-bond acceptors (Lipinski definition) is 5. The minimum atomic E-state index is -1.72. The monoisotopic (exact) mass is 486 g/mol. The van der Waals surface area contributed by atoms with Gasteiger partial charge < -0.3 is 9.47 Å². The third-order valence-corrected chi connectivity index (χ3v) is 5.56. The second kappa shape index (κ2) is 8.53. The second-order valence-corrected chi connectivity index (χ2v) is 9.86. The van der Waals surface area contributed by atoms with E-state index in [0.29, 0.717) is 11.5 Å². The lowest BCUT2D eigenvalue weighted by Gasteiger charge is -2.40. The lowest BCUT2D eigenvalue weighted by atomic mass is 9.96. The Morgan fingerprint density at radius 2 is 1.84 bits per heavy atom. The molecule has 4 nitrogen and oxygen atoms in total. The first-order valence-corrected chi connectivity index (χ1v) is 10.2. The quantitative estimate of drug-likeness (QED) is 0.327. The van der Waals surface area contributed by atoms with Crippen LogP contribution >= 0.6 is 62.5 Å². The number of thioether (sulfide) groups is 1. The van der Waals surface area contributed by atoms with E-state index in [9.17, 15) is 9.59 Å². The van der Waals surface area contributed by atoms with Crippen molar-refractivity contribution in [3.05, 3.63) is 46.5 Å². The van der Waals surface area contributed by atoms with Crippen LogP contribution in [0.3, 0.4) is 0 Å². The molecule has 9 heteroatoms. The molecular weight excluding hydrogens is 475 g/mol. The topological polar surface area (TPSA) is 52.6 Å². The van der Waals surface area contributed by atoms with Crippen LogP contribution in [0.25, 0.3) is 0 Å². The van der Waals surface area contributed by atoms with Gasteiger partial charge in [0.1, 0.15) is 6.61 Å². The number of carbonyl (C=O) groups excluding carboxylic acids is 2. The highest BCUT2D eigenvalue weighted by atomic mass is 79.9. The van der Waals surface area contributed by atoms with Gasteiger partial charge in [0.15, 0.2) is 5.60 Å². The van der Waals surface area contributed by atoms with E-state index in [-0.39, 0.29) is 12.0 Å². The Morgan fingerprint density at radius 3 is 2.32 bits per heavy atom. The highest BCUT2D eigenvalue weighted by Crippen LogP contribution is 2.42. The minimum Gasteiger partial charge on any atom is -0.458 e. The Bertz CT molecular complexity index is 669. The predicted molar refractivity (Wildman–Crippen MR) is 104 cm³/mol. The van der Waals surface area contributed by atoms with Crippen LogP contribution in [0.5, 0.6) is 0 Å². The first kappa shape index (κ1) is 20.9. The fourth-order valence-electron chi connectivity index (χ4n) is 2.08. The Hall–Kier alpha value is -0.400. The summed E-state index contributed by atoms with van der Waals surface area (Å²) in [4.78, 5) is 24.0. The Morgan fingerprint density at radius 1 is 1.24 bits per heavy atom. The summed E-state index contributed by atoms with van der Waals surface area (Å²) in [5.41, 5.74) is 0.175. The van der Waals surface area contributed by atoms with Crippen molar-refractivity contribution in [3.63, 3.8) is 0 Å². The van der Waals surface area contributed by atoms with Crippen molar-refractivity contribution >= 4 is 74.4 Å². The van der Waals surface area contributed by atoms with Gasteiger partial charge in [-0.05, 0) is 17.7 Å². The standard InChI is InChI=1S/C16H14BrCl3O4S/c1-10(14(22)23-7-16(18,19)20)6-13(21)24-15(8-25-9-15)11-2-4-12(17)5-3-11/h2-5H,1,6-9H2. The van der Waals surface area contributed by atoms with E-state index < -0.39 is 27.9 Å². The van der Waals surface area contributed by atoms with Gasteiger partial charge >= 0.3 is 11.9 Å². The van der Waals surface area contributed by atoms with Crippen molar-refractivity contribution in [2.24, 2.45) is 0 Å². The van der Waals surface area contributed by atoms with Crippen molar-refractivity contribution in [1.29, 1.82) is 0 Å². The van der Waals surface area contributed by atoms with Crippen molar-refractivity contribution < 1.29 is 19.1 Å². The summed E-state index contributed by atoms with van der Waals surface area (Å²) in [5.74, 6) is -0.0437. The molecule has 2 rings (SSSR count). The zero-order valence-electron chi connectivity index (χ0n) is 12.9. The molecule has 0 bridgehead atoms. The predicted octanol–water partition coefficient (Wildman–Crippen LogP) is 4.79. The zero-order valence-corrected chi connectivity index (χ0v) is 17.6. The highest BCUT2D eigenvalue weighted by Gasteiger charge is 2.43. The van der Waals surface area contributed by atoms with Crippen molar-refractivity contribution in [2.45, 2.75) is 15.8 Å². The molecule has 0 saturated carbocycles. The molecule has 1 saturated heterocycles. The zero-order chi connectivity index (χ0) is 18.7. The van der Waals surface area contributed by atoms with Gasteiger partial charge in [0.25, 0.3) is 0 Å². The van der Waals surface area contributed by atoms with Gasteiger partial charge in [0.2, 0.25) is 3.79 Å². The highest BCUT2D eigenvalue weighted by molar-refractivity contribution is 9.10. The summed E-state index contributed by atoms with van der Waals surface area (Å²) in [5, 5.41) is 0. The number of halogens is 4. The number of esters is 2. The van der Waals surface area contributed by atoms with Gasteiger partial charge in [-0.15, -0.1) is 0 Å². The number of rotatable bonds is 6. The largest absolute Gasteiger partial charge is 0.458 e. The normalized spacial score (nSPS) is 15.8. The van der Waals surface area contributed by atoms with Crippen LogP contribution < -0.4 is 0 Å². The Kier molecular flexibility index (Phi) is 7.13. The van der Waals surface area contributed by atoms with Crippen molar-refractivity contribution in [2.75, 3.05) is 18.1 Å². The lowest BCUT2D eigenvalue weighted by Crippen LogP contribution is -2.44. The molecule has 1 aromatic rings. The lowest BCUT2D eigenvalue weighted by molar-refractivity contribution is -0.158. The third kappa shape index (κ3) is 6.07. The van der Waals surface area contributed by atoms with E-state index >= 15 is 0 Å². The van der Waals surface area contributed by atoms with Crippen LogP contribution in [-0.4, -0.2) is 33.8 Å². The molecular formula is C16H14BrCl3O4S. The molecule has 25 heavy (non-hydrogen) atoms. The number of ether oxygens (including phenoxy) is 2. The Balaban J connectivity index is 1.93. The molecule has 1 aliphatic rings. The molecule has 0 N–H and O–H groups in total. The molecule has 136 valence electrons. The van der Waals surface area contributed by atoms with Gasteiger partial charge in [-0.25, -0.2) is 4.79 Å². The Labute approximate surface area is 173 Å². The van der Waals surface area contributed by atoms with Crippen LogP contribution in [0.1, 0.15) is 12.0 Å². The van der Waals surface area contributed by atoms with E-state index in [0.717, 1.165) is 10.0 Å². The van der Waals surface area contributed by atoms with Crippen LogP contribution in [0, 0.1) is 0 Å². The molecule has 1 fully saturated rings. The summed E-state index contributed by atoms with van der Waals surface area (Å²) < 4.78 is 9.65. The van der Waals surface area contributed by atoms with E-state index in [1.54, 1.807) is 11.8 Å². The molecule has 1 heterocycles. The maximum atomic E-state index is 12.2. The summed E-state index contributed by atoms with van der Waals surface area (Å²) in [6, 6.07) is 7.59. The molecule has 0 aromatic heterocycles. The van der Waals surface area contributed by atoms with E-state index in [1.807, 2.05) is 24.3 Å². The fraction of sp³-hybridized carbons (Fsp3) is 0.375. The second-order valence-electron chi connectivity index (χ2n) is 5.44. The average molecular weight is 489 g/mol. The number of hydrogen-bond donors (Lipinski definition) is 0. The van der Waals surface area contributed by atoms with Crippen LogP contribution in [0.15, 0.2) is 40.9 Å². The first-order chi connectivity index (χ1) is 11.6. The number of benzene rings is 1. The van der Waals surface area contributed by atoms with Gasteiger partial charge in [0.05, 0.1) is 6.42 Å². The van der Waals surface area contributed by atoms with E-state index in [2.05, 4.69) is 22.5 Å². The smallest absolute Gasteiger partial charge is 0.334 e. The van der Waals surface area contributed by atoms with Crippen molar-refractivity contribution in [3.8, 4) is 0 Å². The van der Waals surface area contributed by atoms with E-state index in [4.69, 9.17) is 44.3 Å². The molecule has 1 aliphatic heterocycles. The molecule has 0 unspecified atom stereocenters. The van der Waals surface area contributed by atoms with Gasteiger partial charge in [-0.2, -0.15) is 11.8 Å². The summed E-state index contributed by atoms with van der Waals surface area (Å²) in [6.07, 6.45) is -0.290. The maximum Gasteiger partial charge on any atom is 0.334 e. The molecule has 0 spiro atoms. The van der Waals surface area contributed by atoms with E-state index in [1.165, 1.54) is 0 Å². The van der Waals surface area contributed by atoms with Gasteiger partial charge in [-0.3, -0.25) is 4.79 Å². The van der Waals surface area contributed by atoms with Crippen LogP contribution in [-0.2, 0) is 24.7 Å². The number of carbonyl (C=O) groups is 2. The summed E-state index contributed by atoms with van der Waals surface area (Å²) in [6.45, 7) is 3.11. The van der Waals surface area contributed by atoms with Crippen molar-refractivity contribution in [1.82, 2.24) is 0 Å². The SMILES string of the molecule is C=C(CC(=O)OC1(c2ccc(Br)cc2)CSC1)C(=O)OCC(Cl)(Cl)Cl. The summed E-state index contributed by atoms with van der Waals surface area (Å²) >= 11 is 21.6. The van der Waals surface area contributed by atoms with Crippen LogP contribution in [0.2, 0.25) is 0 Å².